The van der Waals surface area contributed by atoms with Crippen molar-refractivity contribution in [3.05, 3.63) is 12.2 Å². The smallest absolute Gasteiger partial charge is 0.303 e. The molecule has 0 aromatic heterocycles. The third-order valence-electron chi connectivity index (χ3n) is 5.63. The third kappa shape index (κ3) is 5.84. The van der Waals surface area contributed by atoms with Gasteiger partial charge < -0.3 is 5.11 Å². The number of aliphatic carboxylic acids is 1. The van der Waals surface area contributed by atoms with Gasteiger partial charge in [-0.25, -0.2) is 0 Å². The normalized spacial score (nSPS) is 28.3. The molecule has 0 heterocycles. The summed E-state index contributed by atoms with van der Waals surface area (Å²) in [4.78, 5) is 10.4. The molecule has 3 aliphatic rings. The van der Waals surface area contributed by atoms with Crippen molar-refractivity contribution in [3.8, 4) is 0 Å². The minimum absolute atomic E-state index is 0.339. The average Bonchev–Trinajstić information content (AvgIpc) is 2.50. The molecule has 3 aliphatic carbocycles. The first-order valence-corrected chi connectivity index (χ1v) is 9.10. The summed E-state index contributed by atoms with van der Waals surface area (Å²) >= 11 is 0. The van der Waals surface area contributed by atoms with Crippen LogP contribution in [0.4, 0.5) is 0 Å². The van der Waals surface area contributed by atoms with E-state index in [4.69, 9.17) is 5.11 Å². The van der Waals surface area contributed by atoms with Gasteiger partial charge in [0.2, 0.25) is 0 Å². The molecule has 0 aliphatic heterocycles. The lowest BCUT2D eigenvalue weighted by Crippen LogP contribution is -2.32. The van der Waals surface area contributed by atoms with E-state index in [0.29, 0.717) is 11.8 Å². The fraction of sp³-hybridized carbons (Fsp3) is 0.842. The number of unbranched alkanes of at least 4 members (excludes halogenated alkanes) is 6. The summed E-state index contributed by atoms with van der Waals surface area (Å²) in [5.41, 5.74) is 0.589. The molecule has 120 valence electrons. The predicted molar refractivity (Wildman–Crippen MR) is 87.3 cm³/mol. The topological polar surface area (TPSA) is 37.3 Å². The summed E-state index contributed by atoms with van der Waals surface area (Å²) in [6.07, 6.45) is 22.3. The van der Waals surface area contributed by atoms with Gasteiger partial charge in [-0.2, -0.15) is 0 Å². The van der Waals surface area contributed by atoms with E-state index in [9.17, 15) is 4.79 Å². The van der Waals surface area contributed by atoms with Crippen molar-refractivity contribution >= 4 is 5.97 Å². The zero-order valence-corrected chi connectivity index (χ0v) is 13.5. The van der Waals surface area contributed by atoms with Gasteiger partial charge in [0.1, 0.15) is 0 Å². The molecule has 3 saturated carbocycles. The van der Waals surface area contributed by atoms with Crippen LogP contribution in [-0.2, 0) is 4.79 Å². The van der Waals surface area contributed by atoms with Gasteiger partial charge in [-0.3, -0.25) is 4.79 Å². The Hall–Kier alpha value is -0.790. The number of allylic oxidation sites excluding steroid dienone is 2. The Morgan fingerprint density at radius 1 is 0.952 bits per heavy atom. The van der Waals surface area contributed by atoms with Gasteiger partial charge in [0.05, 0.1) is 0 Å². The summed E-state index contributed by atoms with van der Waals surface area (Å²) < 4.78 is 0. The van der Waals surface area contributed by atoms with Crippen LogP contribution in [0.25, 0.3) is 0 Å². The second-order valence-electron chi connectivity index (χ2n) is 7.30. The minimum Gasteiger partial charge on any atom is -0.481 e. The van der Waals surface area contributed by atoms with E-state index in [-0.39, 0.29) is 0 Å². The molecule has 0 saturated heterocycles. The highest BCUT2D eigenvalue weighted by Crippen LogP contribution is 2.51. The highest BCUT2D eigenvalue weighted by atomic mass is 16.4. The highest BCUT2D eigenvalue weighted by molar-refractivity contribution is 5.66. The van der Waals surface area contributed by atoms with E-state index in [1.807, 2.05) is 0 Å². The SMILES string of the molecule is O=C(O)CCCCCCCCC=CC12CCC(CC1)CC2. The first-order chi connectivity index (χ1) is 10.2. The Morgan fingerprint density at radius 3 is 2.14 bits per heavy atom. The molecule has 2 nitrogen and oxygen atoms in total. The van der Waals surface area contributed by atoms with Gasteiger partial charge in [0, 0.05) is 6.42 Å². The number of hydrogen-bond acceptors (Lipinski definition) is 1. The van der Waals surface area contributed by atoms with Gasteiger partial charge in [-0.1, -0.05) is 37.8 Å². The van der Waals surface area contributed by atoms with Crippen LogP contribution < -0.4 is 0 Å². The molecule has 0 aromatic rings. The largest absolute Gasteiger partial charge is 0.481 e. The first-order valence-electron chi connectivity index (χ1n) is 9.10. The van der Waals surface area contributed by atoms with Crippen LogP contribution in [0.15, 0.2) is 12.2 Å². The van der Waals surface area contributed by atoms with Gasteiger partial charge in [-0.05, 0) is 69.1 Å². The summed E-state index contributed by atoms with van der Waals surface area (Å²) in [5.74, 6) is 0.401. The Bertz CT molecular complexity index is 324. The fourth-order valence-electron chi connectivity index (χ4n) is 4.11. The number of fused-ring (bicyclic) bond motifs is 3. The highest BCUT2D eigenvalue weighted by Gasteiger charge is 2.37. The molecule has 0 aromatic carbocycles. The minimum atomic E-state index is -0.656. The van der Waals surface area contributed by atoms with Crippen LogP contribution in [0.3, 0.4) is 0 Å². The van der Waals surface area contributed by atoms with Crippen molar-refractivity contribution < 1.29 is 9.90 Å². The number of carboxylic acids is 1. The van der Waals surface area contributed by atoms with E-state index in [1.165, 1.54) is 70.6 Å². The Morgan fingerprint density at radius 2 is 1.52 bits per heavy atom. The molecule has 0 spiro atoms. The molecule has 0 unspecified atom stereocenters. The third-order valence-corrected chi connectivity index (χ3v) is 5.63. The van der Waals surface area contributed by atoms with E-state index < -0.39 is 5.97 Å². The number of rotatable bonds is 10. The summed E-state index contributed by atoms with van der Waals surface area (Å²) in [7, 11) is 0. The summed E-state index contributed by atoms with van der Waals surface area (Å²) in [5, 5.41) is 8.56. The van der Waals surface area contributed by atoms with Crippen molar-refractivity contribution in [1.29, 1.82) is 0 Å². The second kappa shape index (κ2) is 8.60. The van der Waals surface area contributed by atoms with Crippen LogP contribution in [-0.4, -0.2) is 11.1 Å². The van der Waals surface area contributed by atoms with Crippen LogP contribution in [0.5, 0.6) is 0 Å². The number of carbonyl (C=O) groups is 1. The van der Waals surface area contributed by atoms with Crippen molar-refractivity contribution in [2.75, 3.05) is 0 Å². The van der Waals surface area contributed by atoms with Crippen LogP contribution in [0.1, 0.15) is 89.9 Å². The number of hydrogen-bond donors (Lipinski definition) is 1. The molecule has 3 rings (SSSR count). The molecule has 3 fully saturated rings. The van der Waals surface area contributed by atoms with Crippen LogP contribution in [0.2, 0.25) is 0 Å². The van der Waals surface area contributed by atoms with E-state index in [2.05, 4.69) is 12.2 Å². The molecule has 2 bridgehead atoms. The molecule has 21 heavy (non-hydrogen) atoms. The van der Waals surface area contributed by atoms with E-state index >= 15 is 0 Å². The fourth-order valence-corrected chi connectivity index (χ4v) is 4.11. The van der Waals surface area contributed by atoms with Gasteiger partial charge in [0.15, 0.2) is 0 Å². The summed E-state index contributed by atoms with van der Waals surface area (Å²) in [6, 6.07) is 0. The zero-order chi connectivity index (χ0) is 15.0. The zero-order valence-electron chi connectivity index (χ0n) is 13.5. The lowest BCUT2D eigenvalue weighted by molar-refractivity contribution is -0.137. The van der Waals surface area contributed by atoms with Crippen LogP contribution in [0, 0.1) is 11.3 Å². The lowest BCUT2D eigenvalue weighted by atomic mass is 9.61. The molecule has 0 amide bonds. The van der Waals surface area contributed by atoms with E-state index in [1.54, 1.807) is 0 Å². The maximum atomic E-state index is 10.4. The molecule has 1 N–H and O–H groups in total. The quantitative estimate of drug-likeness (QED) is 0.413. The van der Waals surface area contributed by atoms with Gasteiger partial charge >= 0.3 is 5.97 Å². The van der Waals surface area contributed by atoms with E-state index in [0.717, 1.165) is 18.8 Å². The first kappa shape index (κ1) is 16.6. The summed E-state index contributed by atoms with van der Waals surface area (Å²) in [6.45, 7) is 0. The standard InChI is InChI=1S/C19H32O2/c20-18(21)9-7-5-3-1-2-4-6-8-13-19-14-10-17(11-15-19)12-16-19/h8,13,17H,1-7,9-12,14-16H2,(H,20,21). The lowest BCUT2D eigenvalue weighted by Gasteiger charge is -2.45. The predicted octanol–water partition coefficient (Wildman–Crippen LogP) is 5.72. The maximum Gasteiger partial charge on any atom is 0.303 e. The van der Waals surface area contributed by atoms with Gasteiger partial charge in [-0.15, -0.1) is 0 Å². The molecule has 2 heteroatoms. The Balaban J connectivity index is 1.46. The molecule has 0 atom stereocenters. The Kier molecular flexibility index (Phi) is 6.79. The van der Waals surface area contributed by atoms with Crippen molar-refractivity contribution in [3.63, 3.8) is 0 Å². The maximum absolute atomic E-state index is 10.4. The van der Waals surface area contributed by atoms with Crippen LogP contribution >= 0.6 is 0 Å². The average molecular weight is 292 g/mol. The Labute approximate surface area is 130 Å². The molecular weight excluding hydrogens is 260 g/mol. The second-order valence-corrected chi connectivity index (χ2v) is 7.30. The molecular formula is C19H32O2. The monoisotopic (exact) mass is 292 g/mol. The van der Waals surface area contributed by atoms with Crippen molar-refractivity contribution in [2.24, 2.45) is 11.3 Å². The van der Waals surface area contributed by atoms with Crippen molar-refractivity contribution in [1.82, 2.24) is 0 Å². The molecule has 0 radical (unpaired) electrons. The number of carboxylic acid groups (broad SMARTS) is 1. The van der Waals surface area contributed by atoms with Gasteiger partial charge in [0.25, 0.3) is 0 Å². The van der Waals surface area contributed by atoms with Crippen molar-refractivity contribution in [2.45, 2.75) is 89.9 Å².